The summed E-state index contributed by atoms with van der Waals surface area (Å²) in [5.74, 6) is -3.33. The van der Waals surface area contributed by atoms with Crippen LogP contribution in [-0.2, 0) is 24.1 Å². The standard InChI is InChI=1S/C24H24F8N2OS/c1-21(2,3)36(35)33-20(24(30,31)32)17-12-34(13-22(4,25)26)19-11-14(9-10-16(17)19)15-7-5-6-8-18(15)23(27,28)29/h5-12,20,33H,13H2,1-4H3/t20-,36?/m0/s1. The van der Waals surface area contributed by atoms with Crippen molar-refractivity contribution in [2.75, 3.05) is 0 Å². The maximum atomic E-state index is 14.1. The molecule has 0 bridgehead atoms. The summed E-state index contributed by atoms with van der Waals surface area (Å²) in [5, 5.41) is -0.103. The number of hydrogen-bond acceptors (Lipinski definition) is 2. The lowest BCUT2D eigenvalue weighted by Crippen LogP contribution is -2.45. The van der Waals surface area contributed by atoms with Crippen LogP contribution in [0.5, 0.6) is 0 Å². The van der Waals surface area contributed by atoms with E-state index in [0.29, 0.717) is 6.92 Å². The molecule has 0 saturated heterocycles. The van der Waals surface area contributed by atoms with E-state index < -0.39 is 58.1 Å². The Labute approximate surface area is 205 Å². The van der Waals surface area contributed by atoms with Crippen LogP contribution in [0.3, 0.4) is 0 Å². The Morgan fingerprint density at radius 2 is 1.53 bits per heavy atom. The van der Waals surface area contributed by atoms with Crippen molar-refractivity contribution in [3.05, 3.63) is 59.8 Å². The second-order valence-electron chi connectivity index (χ2n) is 9.53. The number of halogens is 8. The topological polar surface area (TPSA) is 40.0 Å². The molecule has 0 saturated carbocycles. The lowest BCUT2D eigenvalue weighted by Gasteiger charge is -2.29. The van der Waals surface area contributed by atoms with Crippen LogP contribution in [0.4, 0.5) is 35.1 Å². The molecule has 36 heavy (non-hydrogen) atoms. The fraction of sp³-hybridized carbons (Fsp3) is 0.417. The number of benzene rings is 2. The molecular formula is C24H24F8N2OS. The smallest absolute Gasteiger partial charge is 0.417 e. The average molecular weight is 541 g/mol. The first-order valence-electron chi connectivity index (χ1n) is 10.7. The summed E-state index contributed by atoms with van der Waals surface area (Å²) in [4.78, 5) is 0. The maximum absolute atomic E-state index is 14.1. The molecule has 0 aliphatic rings. The molecule has 1 unspecified atom stereocenters. The second kappa shape index (κ2) is 9.53. The van der Waals surface area contributed by atoms with Gasteiger partial charge < -0.3 is 9.12 Å². The average Bonchev–Trinajstić information content (AvgIpc) is 3.05. The van der Waals surface area contributed by atoms with Gasteiger partial charge in [0.05, 0.1) is 12.1 Å². The molecule has 1 heterocycles. The van der Waals surface area contributed by atoms with Gasteiger partial charge in [-0.25, -0.2) is 8.78 Å². The normalized spacial score (nSPS) is 15.4. The van der Waals surface area contributed by atoms with Gasteiger partial charge in [-0.3, -0.25) is 0 Å². The van der Waals surface area contributed by atoms with Gasteiger partial charge in [0.2, 0.25) is 0 Å². The van der Waals surface area contributed by atoms with Crippen molar-refractivity contribution in [2.45, 2.75) is 63.3 Å². The number of rotatable bonds is 6. The van der Waals surface area contributed by atoms with Crippen LogP contribution in [0.25, 0.3) is 22.0 Å². The van der Waals surface area contributed by atoms with Crippen LogP contribution in [-0.4, -0.2) is 26.0 Å². The Morgan fingerprint density at radius 1 is 0.917 bits per heavy atom. The van der Waals surface area contributed by atoms with E-state index in [4.69, 9.17) is 0 Å². The van der Waals surface area contributed by atoms with Crippen molar-refractivity contribution in [1.82, 2.24) is 9.29 Å². The van der Waals surface area contributed by atoms with Crippen molar-refractivity contribution < 1.29 is 39.7 Å². The molecule has 1 N–H and O–H groups in total. The number of nitrogens with one attached hydrogen (secondary N) is 1. The summed E-state index contributed by atoms with van der Waals surface area (Å²) in [7, 11) is 0. The molecule has 2 atom stereocenters. The lowest BCUT2D eigenvalue weighted by molar-refractivity contribution is -0.152. The lowest BCUT2D eigenvalue weighted by atomic mass is 9.97. The minimum atomic E-state index is -4.95. The van der Waals surface area contributed by atoms with E-state index in [1.54, 1.807) is 0 Å². The molecule has 12 heteroatoms. The number of nitrogens with zero attached hydrogens (tertiary/aromatic N) is 1. The summed E-state index contributed by atoms with van der Waals surface area (Å²) >= 11 is -2.17. The van der Waals surface area contributed by atoms with Gasteiger partial charge in [-0.1, -0.05) is 30.3 Å². The zero-order chi connectivity index (χ0) is 27.3. The highest BCUT2D eigenvalue weighted by Gasteiger charge is 2.47. The Hall–Kier alpha value is -2.31. The van der Waals surface area contributed by atoms with Gasteiger partial charge in [-0.15, -0.1) is 4.72 Å². The molecule has 0 aliphatic carbocycles. The summed E-state index contributed by atoms with van der Waals surface area (Å²) in [6, 6.07) is 5.66. The molecule has 0 radical (unpaired) electrons. The van der Waals surface area contributed by atoms with Crippen LogP contribution in [0.1, 0.15) is 44.9 Å². The Bertz CT molecular complexity index is 1220. The SMILES string of the molecule is CC(F)(F)Cn1cc([C@H](N[S+]([O-])C(C)(C)C)C(F)(F)F)c2ccc(-c3ccccc3C(F)(F)F)cc21. The fourth-order valence-corrected chi connectivity index (χ4v) is 4.55. The first kappa shape index (κ1) is 28.3. The summed E-state index contributed by atoms with van der Waals surface area (Å²) in [5.41, 5.74) is -1.80. The van der Waals surface area contributed by atoms with Gasteiger partial charge in [-0.2, -0.15) is 26.3 Å². The van der Waals surface area contributed by atoms with Crippen LogP contribution in [0.15, 0.2) is 48.7 Å². The quantitative estimate of drug-likeness (QED) is 0.258. The van der Waals surface area contributed by atoms with E-state index in [2.05, 4.69) is 4.72 Å². The summed E-state index contributed by atoms with van der Waals surface area (Å²) in [6.45, 7) is 3.97. The highest BCUT2D eigenvalue weighted by molar-refractivity contribution is 7.90. The van der Waals surface area contributed by atoms with Crippen LogP contribution in [0.2, 0.25) is 0 Å². The van der Waals surface area contributed by atoms with Crippen LogP contribution >= 0.6 is 0 Å². The first-order valence-corrected chi connectivity index (χ1v) is 11.9. The minimum Gasteiger partial charge on any atom is -0.598 e. The van der Waals surface area contributed by atoms with Crippen LogP contribution in [0, 0.1) is 0 Å². The van der Waals surface area contributed by atoms with Gasteiger partial charge in [-0.05, 0) is 44.0 Å². The highest BCUT2D eigenvalue weighted by atomic mass is 32.2. The first-order chi connectivity index (χ1) is 16.3. The monoisotopic (exact) mass is 540 g/mol. The van der Waals surface area contributed by atoms with E-state index in [1.165, 1.54) is 45.0 Å². The number of aromatic nitrogens is 1. The van der Waals surface area contributed by atoms with Crippen molar-refractivity contribution in [1.29, 1.82) is 0 Å². The minimum absolute atomic E-state index is 0.00414. The third kappa shape index (κ3) is 6.33. The molecule has 0 aliphatic heterocycles. The molecule has 0 amide bonds. The Morgan fingerprint density at radius 3 is 2.06 bits per heavy atom. The van der Waals surface area contributed by atoms with Crippen molar-refractivity contribution in [2.24, 2.45) is 0 Å². The zero-order valence-electron chi connectivity index (χ0n) is 19.7. The molecule has 3 nitrogen and oxygen atoms in total. The molecule has 198 valence electrons. The number of hydrogen-bond donors (Lipinski definition) is 1. The van der Waals surface area contributed by atoms with E-state index >= 15 is 0 Å². The Balaban J connectivity index is 2.25. The van der Waals surface area contributed by atoms with Crippen LogP contribution < -0.4 is 4.72 Å². The maximum Gasteiger partial charge on any atom is 0.417 e. The molecule has 0 fully saturated rings. The van der Waals surface area contributed by atoms with E-state index in [9.17, 15) is 39.7 Å². The highest BCUT2D eigenvalue weighted by Crippen LogP contribution is 2.42. The van der Waals surface area contributed by atoms with Crippen molar-refractivity contribution in [3.63, 3.8) is 0 Å². The zero-order valence-corrected chi connectivity index (χ0v) is 20.5. The van der Waals surface area contributed by atoms with E-state index in [0.717, 1.165) is 29.0 Å². The molecular weight excluding hydrogens is 516 g/mol. The van der Waals surface area contributed by atoms with Gasteiger partial charge in [0.25, 0.3) is 5.92 Å². The van der Waals surface area contributed by atoms with E-state index in [1.807, 2.05) is 0 Å². The van der Waals surface area contributed by atoms with Crippen molar-refractivity contribution in [3.8, 4) is 11.1 Å². The molecule has 3 aromatic rings. The summed E-state index contributed by atoms with van der Waals surface area (Å²) in [6.07, 6.45) is -8.78. The number of fused-ring (bicyclic) bond motifs is 1. The summed E-state index contributed by atoms with van der Waals surface area (Å²) < 4.78 is 125. The molecule has 3 rings (SSSR count). The van der Waals surface area contributed by atoms with Gasteiger partial charge in [0, 0.05) is 40.9 Å². The second-order valence-corrected chi connectivity index (χ2v) is 11.5. The third-order valence-corrected chi connectivity index (χ3v) is 6.89. The van der Waals surface area contributed by atoms with E-state index in [-0.39, 0.29) is 22.0 Å². The predicted octanol–water partition coefficient (Wildman–Crippen LogP) is 7.64. The molecule has 2 aromatic carbocycles. The molecule has 0 spiro atoms. The van der Waals surface area contributed by atoms with Gasteiger partial charge in [0.1, 0.15) is 4.75 Å². The Kier molecular flexibility index (Phi) is 7.48. The third-order valence-electron chi connectivity index (χ3n) is 5.32. The predicted molar refractivity (Wildman–Crippen MR) is 123 cm³/mol. The van der Waals surface area contributed by atoms with Crippen molar-refractivity contribution >= 4 is 22.3 Å². The largest absolute Gasteiger partial charge is 0.598 e. The molecule has 1 aromatic heterocycles. The fourth-order valence-electron chi connectivity index (χ4n) is 3.72. The van der Waals surface area contributed by atoms with Gasteiger partial charge >= 0.3 is 12.4 Å². The number of alkyl halides is 8. The van der Waals surface area contributed by atoms with Gasteiger partial charge in [0.15, 0.2) is 6.04 Å².